The molecule has 0 saturated heterocycles. The average molecular weight is 428 g/mol. The highest BCUT2D eigenvalue weighted by molar-refractivity contribution is 5.90. The third-order valence-electron chi connectivity index (χ3n) is 4.80. The average Bonchev–Trinajstić information content (AvgIpc) is 2.81. The second kappa shape index (κ2) is 8.57. The molecule has 4 rings (SSSR count). The van der Waals surface area contributed by atoms with E-state index in [-0.39, 0.29) is 41.1 Å². The fourth-order valence-electron chi connectivity index (χ4n) is 3.22. The summed E-state index contributed by atoms with van der Waals surface area (Å²) in [7, 11) is 0. The molecule has 0 amide bonds. The maximum absolute atomic E-state index is 12.7. The van der Waals surface area contributed by atoms with Gasteiger partial charge in [0.2, 0.25) is 0 Å². The van der Waals surface area contributed by atoms with E-state index in [1.165, 1.54) is 47.4 Å². The lowest BCUT2D eigenvalue weighted by Crippen LogP contribution is -2.23. The molecule has 0 atom stereocenters. The van der Waals surface area contributed by atoms with Gasteiger partial charge in [-0.3, -0.25) is 9.36 Å². The number of carbonyl (C=O) groups is 1. The number of hydrogen-bond donors (Lipinski definition) is 2. The molecular weight excluding hydrogens is 412 g/mol. The van der Waals surface area contributed by atoms with Gasteiger partial charge in [-0.05, 0) is 42.0 Å². The van der Waals surface area contributed by atoms with Gasteiger partial charge in [0.15, 0.2) is 0 Å². The van der Waals surface area contributed by atoms with E-state index in [1.54, 1.807) is 18.2 Å². The standard InChI is InChI=1S/C23H16N4O5/c24-11-16-9-19-20(12-25-16)26-13-27(22(19)29)6-7-32-21-5-4-17(28)10-18(21)14-2-1-3-15(8-14)23(30)31/h1-5,8-10,12-13,28H,6-7H2,(H,30,31). The molecule has 158 valence electrons. The van der Waals surface area contributed by atoms with Crippen LogP contribution in [0.1, 0.15) is 16.1 Å². The van der Waals surface area contributed by atoms with Gasteiger partial charge in [-0.1, -0.05) is 12.1 Å². The second-order valence-electron chi connectivity index (χ2n) is 6.86. The number of benzene rings is 2. The number of phenols is 1. The van der Waals surface area contributed by atoms with Gasteiger partial charge in [-0.25, -0.2) is 14.8 Å². The molecule has 0 spiro atoms. The van der Waals surface area contributed by atoms with Crippen LogP contribution in [0.25, 0.3) is 22.0 Å². The first-order valence-corrected chi connectivity index (χ1v) is 9.51. The van der Waals surface area contributed by atoms with Crippen LogP contribution in [0, 0.1) is 11.3 Å². The van der Waals surface area contributed by atoms with Gasteiger partial charge in [0, 0.05) is 5.56 Å². The summed E-state index contributed by atoms with van der Waals surface area (Å²) in [5.74, 6) is -0.638. The van der Waals surface area contributed by atoms with Crippen molar-refractivity contribution in [2.75, 3.05) is 6.61 Å². The minimum Gasteiger partial charge on any atom is -0.508 e. The largest absolute Gasteiger partial charge is 0.508 e. The Hall–Kier alpha value is -4.71. The number of pyridine rings is 1. The van der Waals surface area contributed by atoms with E-state index in [4.69, 9.17) is 10.00 Å². The number of carboxylic acids is 1. The molecule has 2 aromatic carbocycles. The third-order valence-corrected chi connectivity index (χ3v) is 4.80. The molecule has 0 aliphatic heterocycles. The summed E-state index contributed by atoms with van der Waals surface area (Å²) >= 11 is 0. The first-order valence-electron chi connectivity index (χ1n) is 9.51. The van der Waals surface area contributed by atoms with E-state index < -0.39 is 5.97 Å². The van der Waals surface area contributed by atoms with E-state index in [0.29, 0.717) is 22.4 Å². The van der Waals surface area contributed by atoms with Crippen LogP contribution in [-0.4, -0.2) is 37.3 Å². The molecule has 32 heavy (non-hydrogen) atoms. The fourth-order valence-corrected chi connectivity index (χ4v) is 3.22. The van der Waals surface area contributed by atoms with Crippen molar-refractivity contribution in [1.29, 1.82) is 5.26 Å². The maximum Gasteiger partial charge on any atom is 0.335 e. The van der Waals surface area contributed by atoms with Crippen molar-refractivity contribution in [2.24, 2.45) is 0 Å². The zero-order valence-corrected chi connectivity index (χ0v) is 16.6. The summed E-state index contributed by atoms with van der Waals surface area (Å²) in [5, 5.41) is 28.4. The quantitative estimate of drug-likeness (QED) is 0.478. The maximum atomic E-state index is 12.7. The smallest absolute Gasteiger partial charge is 0.335 e. The van der Waals surface area contributed by atoms with Crippen molar-refractivity contribution in [3.05, 3.63) is 82.7 Å². The zero-order valence-electron chi connectivity index (χ0n) is 16.6. The number of carboxylic acid groups (broad SMARTS) is 1. The summed E-state index contributed by atoms with van der Waals surface area (Å²) < 4.78 is 7.22. The van der Waals surface area contributed by atoms with Crippen molar-refractivity contribution in [2.45, 2.75) is 6.54 Å². The number of rotatable bonds is 6. The minimum atomic E-state index is -1.06. The topological polar surface area (TPSA) is 138 Å². The Morgan fingerprint density at radius 3 is 2.78 bits per heavy atom. The van der Waals surface area contributed by atoms with E-state index in [1.807, 2.05) is 6.07 Å². The van der Waals surface area contributed by atoms with Gasteiger partial charge < -0.3 is 14.9 Å². The highest BCUT2D eigenvalue weighted by Gasteiger charge is 2.12. The first-order chi connectivity index (χ1) is 15.5. The first kappa shape index (κ1) is 20.6. The van der Waals surface area contributed by atoms with Gasteiger partial charge in [-0.15, -0.1) is 0 Å². The van der Waals surface area contributed by atoms with Crippen molar-refractivity contribution < 1.29 is 19.7 Å². The van der Waals surface area contributed by atoms with Crippen LogP contribution in [0.4, 0.5) is 0 Å². The summed E-state index contributed by atoms with van der Waals surface area (Å²) in [6.45, 7) is 0.293. The number of nitrogens with zero attached hydrogens (tertiary/aromatic N) is 4. The molecule has 0 bridgehead atoms. The lowest BCUT2D eigenvalue weighted by atomic mass is 10.0. The number of aromatic carboxylic acids is 1. The molecule has 2 aromatic heterocycles. The van der Waals surface area contributed by atoms with Gasteiger partial charge in [-0.2, -0.15) is 5.26 Å². The number of aromatic nitrogens is 3. The molecule has 0 unspecified atom stereocenters. The molecule has 4 aromatic rings. The Bertz CT molecular complexity index is 1440. The van der Waals surface area contributed by atoms with Crippen molar-refractivity contribution in [3.63, 3.8) is 0 Å². The summed E-state index contributed by atoms with van der Waals surface area (Å²) in [5.41, 5.74) is 1.39. The molecule has 9 heteroatoms. The summed E-state index contributed by atoms with van der Waals surface area (Å²) in [4.78, 5) is 32.1. The molecule has 0 aliphatic rings. The molecule has 0 saturated carbocycles. The highest BCUT2D eigenvalue weighted by atomic mass is 16.5. The fraction of sp³-hybridized carbons (Fsp3) is 0.0870. The van der Waals surface area contributed by atoms with Crippen LogP contribution in [0.5, 0.6) is 11.5 Å². The molecule has 9 nitrogen and oxygen atoms in total. The SMILES string of the molecule is N#Cc1cc2c(=O)n(CCOc3ccc(O)cc3-c3cccc(C(=O)O)c3)cnc2cn1. The van der Waals surface area contributed by atoms with Crippen LogP contribution in [-0.2, 0) is 6.54 Å². The molecule has 0 fully saturated rings. The summed E-state index contributed by atoms with van der Waals surface area (Å²) in [6, 6.07) is 14.1. The van der Waals surface area contributed by atoms with Gasteiger partial charge >= 0.3 is 5.97 Å². The normalized spacial score (nSPS) is 10.6. The second-order valence-corrected chi connectivity index (χ2v) is 6.86. The van der Waals surface area contributed by atoms with Gasteiger partial charge in [0.05, 0.1) is 35.5 Å². The predicted molar refractivity (Wildman–Crippen MR) is 115 cm³/mol. The Labute approximate surface area is 181 Å². The monoisotopic (exact) mass is 428 g/mol. The lowest BCUT2D eigenvalue weighted by molar-refractivity contribution is 0.0697. The van der Waals surface area contributed by atoms with Crippen molar-refractivity contribution in [1.82, 2.24) is 14.5 Å². The number of aromatic hydroxyl groups is 1. The Kier molecular flexibility index (Phi) is 5.51. The minimum absolute atomic E-state index is 0.00457. The van der Waals surface area contributed by atoms with Crippen molar-refractivity contribution in [3.8, 4) is 28.7 Å². The molecule has 2 N–H and O–H groups in total. The predicted octanol–water partition coefficient (Wildman–Crippen LogP) is 2.81. The Morgan fingerprint density at radius 2 is 2.00 bits per heavy atom. The van der Waals surface area contributed by atoms with Crippen LogP contribution in [0.2, 0.25) is 0 Å². The van der Waals surface area contributed by atoms with Gasteiger partial charge in [0.1, 0.15) is 29.9 Å². The van der Waals surface area contributed by atoms with E-state index in [2.05, 4.69) is 9.97 Å². The van der Waals surface area contributed by atoms with Crippen LogP contribution in [0.3, 0.4) is 0 Å². The van der Waals surface area contributed by atoms with E-state index in [9.17, 15) is 19.8 Å². The number of ether oxygens (including phenoxy) is 1. The number of phenolic OH excluding ortho intramolecular Hbond substituents is 1. The van der Waals surface area contributed by atoms with E-state index >= 15 is 0 Å². The third kappa shape index (κ3) is 4.11. The number of hydrogen-bond acceptors (Lipinski definition) is 7. The number of nitriles is 1. The van der Waals surface area contributed by atoms with Gasteiger partial charge in [0.25, 0.3) is 5.56 Å². The van der Waals surface area contributed by atoms with Crippen LogP contribution >= 0.6 is 0 Å². The number of fused-ring (bicyclic) bond motifs is 1. The van der Waals surface area contributed by atoms with E-state index in [0.717, 1.165) is 0 Å². The zero-order chi connectivity index (χ0) is 22.7. The molecule has 0 radical (unpaired) electrons. The molecule has 0 aliphatic carbocycles. The lowest BCUT2D eigenvalue weighted by Gasteiger charge is -2.13. The van der Waals surface area contributed by atoms with Crippen molar-refractivity contribution >= 4 is 16.9 Å². The Balaban J connectivity index is 1.58. The molecule has 2 heterocycles. The highest BCUT2D eigenvalue weighted by Crippen LogP contribution is 2.33. The summed E-state index contributed by atoms with van der Waals surface area (Å²) in [6.07, 6.45) is 2.76. The van der Waals surface area contributed by atoms with Crippen LogP contribution < -0.4 is 10.3 Å². The Morgan fingerprint density at radius 1 is 1.16 bits per heavy atom. The van der Waals surface area contributed by atoms with Crippen LogP contribution in [0.15, 0.2) is 65.8 Å². The molecular formula is C23H16N4O5.